The summed E-state index contributed by atoms with van der Waals surface area (Å²) in [5.74, 6) is -1.41. The zero-order valence-corrected chi connectivity index (χ0v) is 13.7. The molecule has 4 nitrogen and oxygen atoms in total. The summed E-state index contributed by atoms with van der Waals surface area (Å²) in [5, 5.41) is 12.2. The molecule has 0 saturated heterocycles. The highest BCUT2D eigenvalue weighted by atomic mass is 19.1. The molecule has 24 heavy (non-hydrogen) atoms. The topological polar surface area (TPSA) is 66.4 Å². The van der Waals surface area contributed by atoms with Crippen LogP contribution in [0.15, 0.2) is 24.3 Å². The van der Waals surface area contributed by atoms with Gasteiger partial charge in [-0.25, -0.2) is 4.39 Å². The van der Waals surface area contributed by atoms with E-state index in [2.05, 4.69) is 5.32 Å². The molecule has 1 aromatic carbocycles. The van der Waals surface area contributed by atoms with Crippen LogP contribution in [0, 0.1) is 23.6 Å². The number of benzene rings is 1. The Bertz CT molecular complexity index is 595. The number of rotatable bonds is 5. The summed E-state index contributed by atoms with van der Waals surface area (Å²) in [6.45, 7) is 0. The maximum atomic E-state index is 13.2. The molecule has 0 heterocycles. The van der Waals surface area contributed by atoms with E-state index in [9.17, 15) is 14.0 Å². The second kappa shape index (κ2) is 7.32. The van der Waals surface area contributed by atoms with Gasteiger partial charge in [0.25, 0.3) is 0 Å². The van der Waals surface area contributed by atoms with Gasteiger partial charge in [-0.05, 0) is 55.7 Å². The van der Waals surface area contributed by atoms with Gasteiger partial charge in [0, 0.05) is 5.92 Å². The summed E-state index contributed by atoms with van der Waals surface area (Å²) in [5.41, 5.74) is 0.935. The van der Waals surface area contributed by atoms with Crippen LogP contribution >= 0.6 is 0 Å². The Labute approximate surface area is 141 Å². The van der Waals surface area contributed by atoms with E-state index in [4.69, 9.17) is 5.11 Å². The highest BCUT2D eigenvalue weighted by molar-refractivity contribution is 5.81. The molecule has 1 amide bonds. The molecular weight excluding hydrogens is 309 g/mol. The molecule has 0 aromatic heterocycles. The predicted molar refractivity (Wildman–Crippen MR) is 87.7 cm³/mol. The molecule has 2 fully saturated rings. The number of carboxylic acid groups (broad SMARTS) is 1. The van der Waals surface area contributed by atoms with Crippen LogP contribution < -0.4 is 5.32 Å². The zero-order chi connectivity index (χ0) is 17.1. The molecule has 130 valence electrons. The van der Waals surface area contributed by atoms with E-state index >= 15 is 0 Å². The lowest BCUT2D eigenvalue weighted by Crippen LogP contribution is -2.36. The maximum Gasteiger partial charge on any atom is 0.306 e. The highest BCUT2D eigenvalue weighted by Crippen LogP contribution is 2.37. The van der Waals surface area contributed by atoms with Gasteiger partial charge in [0.15, 0.2) is 0 Å². The summed E-state index contributed by atoms with van der Waals surface area (Å²) < 4.78 is 13.2. The molecule has 0 aliphatic heterocycles. The quantitative estimate of drug-likeness (QED) is 0.864. The van der Waals surface area contributed by atoms with Crippen LogP contribution in [-0.2, 0) is 9.59 Å². The van der Waals surface area contributed by atoms with Crippen LogP contribution in [0.4, 0.5) is 4.39 Å². The Morgan fingerprint density at radius 2 is 1.67 bits per heavy atom. The normalized spacial score (nSPS) is 25.5. The van der Waals surface area contributed by atoms with Crippen molar-refractivity contribution < 1.29 is 19.1 Å². The lowest BCUT2D eigenvalue weighted by Gasteiger charge is -2.26. The molecule has 0 radical (unpaired) electrons. The lowest BCUT2D eigenvalue weighted by atomic mass is 9.90. The summed E-state index contributed by atoms with van der Waals surface area (Å²) in [4.78, 5) is 23.7. The summed E-state index contributed by atoms with van der Waals surface area (Å²) in [6, 6.07) is 6.24. The maximum absolute atomic E-state index is 13.2. The van der Waals surface area contributed by atoms with E-state index in [-0.39, 0.29) is 23.7 Å². The second-order valence-electron chi connectivity index (χ2n) is 7.13. The molecular formula is C19H24FNO3. The third-order valence-corrected chi connectivity index (χ3v) is 5.55. The molecule has 2 aliphatic rings. The Morgan fingerprint density at radius 3 is 2.25 bits per heavy atom. The van der Waals surface area contributed by atoms with Gasteiger partial charge in [-0.15, -0.1) is 0 Å². The molecule has 5 heteroatoms. The van der Waals surface area contributed by atoms with Crippen molar-refractivity contribution in [3.8, 4) is 0 Å². The van der Waals surface area contributed by atoms with Crippen LogP contribution in [0.2, 0.25) is 0 Å². The number of carbonyl (C=O) groups excluding carboxylic acids is 1. The first-order chi connectivity index (χ1) is 11.5. The van der Waals surface area contributed by atoms with E-state index in [1.165, 1.54) is 12.1 Å². The lowest BCUT2D eigenvalue weighted by molar-refractivity contribution is -0.141. The van der Waals surface area contributed by atoms with Crippen molar-refractivity contribution in [3.63, 3.8) is 0 Å². The van der Waals surface area contributed by atoms with E-state index in [1.54, 1.807) is 12.1 Å². The fourth-order valence-corrected chi connectivity index (χ4v) is 4.15. The van der Waals surface area contributed by atoms with Gasteiger partial charge in [0.1, 0.15) is 5.82 Å². The number of amides is 1. The van der Waals surface area contributed by atoms with Crippen LogP contribution in [0.5, 0.6) is 0 Å². The van der Waals surface area contributed by atoms with E-state index in [0.717, 1.165) is 31.2 Å². The van der Waals surface area contributed by atoms with Crippen molar-refractivity contribution in [2.75, 3.05) is 0 Å². The fourth-order valence-electron chi connectivity index (χ4n) is 4.15. The minimum absolute atomic E-state index is 0.0556. The van der Waals surface area contributed by atoms with Gasteiger partial charge < -0.3 is 10.4 Å². The predicted octanol–water partition coefficient (Wildman–Crippen LogP) is 3.67. The van der Waals surface area contributed by atoms with Crippen LogP contribution in [0.1, 0.15) is 56.6 Å². The summed E-state index contributed by atoms with van der Waals surface area (Å²) in [7, 11) is 0. The van der Waals surface area contributed by atoms with Crippen LogP contribution in [0.25, 0.3) is 0 Å². The Morgan fingerprint density at radius 1 is 1.04 bits per heavy atom. The number of hydrogen-bond acceptors (Lipinski definition) is 2. The van der Waals surface area contributed by atoms with Crippen molar-refractivity contribution in [1.29, 1.82) is 0 Å². The van der Waals surface area contributed by atoms with Gasteiger partial charge in [0.05, 0.1) is 12.0 Å². The highest BCUT2D eigenvalue weighted by Gasteiger charge is 2.36. The molecule has 0 bridgehead atoms. The van der Waals surface area contributed by atoms with E-state index in [1.807, 2.05) is 0 Å². The largest absolute Gasteiger partial charge is 0.481 e. The summed E-state index contributed by atoms with van der Waals surface area (Å²) >= 11 is 0. The third-order valence-electron chi connectivity index (χ3n) is 5.55. The molecule has 0 spiro atoms. The zero-order valence-electron chi connectivity index (χ0n) is 13.7. The van der Waals surface area contributed by atoms with Gasteiger partial charge in [-0.3, -0.25) is 9.59 Å². The van der Waals surface area contributed by atoms with Crippen molar-refractivity contribution >= 4 is 11.9 Å². The molecule has 3 atom stereocenters. The minimum atomic E-state index is -0.809. The number of halogens is 1. The molecule has 1 aromatic rings. The average Bonchev–Trinajstić information content (AvgIpc) is 3.25. The van der Waals surface area contributed by atoms with Crippen molar-refractivity contribution in [2.45, 2.75) is 51.0 Å². The second-order valence-corrected chi connectivity index (χ2v) is 7.13. The van der Waals surface area contributed by atoms with Gasteiger partial charge in [-0.1, -0.05) is 25.0 Å². The number of nitrogens with one attached hydrogen (secondary N) is 1. The number of aliphatic carboxylic acids is 1. The van der Waals surface area contributed by atoms with Gasteiger partial charge >= 0.3 is 5.97 Å². The standard InChI is InChI=1S/C19H24FNO3/c20-16-9-7-13(8-10-16)17(12-3-1-2-4-12)21-18(22)14-5-6-15(11-14)19(23)24/h7-10,12,14-15,17H,1-6,11H2,(H,21,22)(H,23,24)/t14-,15+,17?/m0/s1. The van der Waals surface area contributed by atoms with Gasteiger partial charge in [-0.2, -0.15) is 0 Å². The SMILES string of the molecule is O=C(O)[C@@H]1CC[C@H](C(=O)NC(c2ccc(F)cc2)C2CCCC2)C1. The molecule has 2 N–H and O–H groups in total. The Balaban J connectivity index is 1.71. The van der Waals surface area contributed by atoms with Crippen molar-refractivity contribution in [1.82, 2.24) is 5.32 Å². The van der Waals surface area contributed by atoms with Crippen LogP contribution in [-0.4, -0.2) is 17.0 Å². The first kappa shape index (κ1) is 16.9. The number of carboxylic acids is 1. The van der Waals surface area contributed by atoms with Crippen LogP contribution in [0.3, 0.4) is 0 Å². The molecule has 2 saturated carbocycles. The first-order valence-electron chi connectivity index (χ1n) is 8.83. The smallest absolute Gasteiger partial charge is 0.306 e. The third kappa shape index (κ3) is 3.77. The Hall–Kier alpha value is -1.91. The average molecular weight is 333 g/mol. The van der Waals surface area contributed by atoms with Gasteiger partial charge in [0.2, 0.25) is 5.91 Å². The summed E-state index contributed by atoms with van der Waals surface area (Å²) in [6.07, 6.45) is 6.05. The van der Waals surface area contributed by atoms with E-state index in [0.29, 0.717) is 25.2 Å². The minimum Gasteiger partial charge on any atom is -0.481 e. The number of hydrogen-bond donors (Lipinski definition) is 2. The molecule has 1 unspecified atom stereocenters. The first-order valence-corrected chi connectivity index (χ1v) is 8.83. The monoisotopic (exact) mass is 333 g/mol. The fraction of sp³-hybridized carbons (Fsp3) is 0.579. The molecule has 2 aliphatic carbocycles. The molecule has 3 rings (SSSR count). The Kier molecular flexibility index (Phi) is 5.17. The van der Waals surface area contributed by atoms with Crippen molar-refractivity contribution in [3.05, 3.63) is 35.6 Å². The van der Waals surface area contributed by atoms with E-state index < -0.39 is 11.9 Å². The van der Waals surface area contributed by atoms with Crippen molar-refractivity contribution in [2.24, 2.45) is 17.8 Å². The number of carbonyl (C=O) groups is 2.